The molecule has 0 fully saturated rings. The molecule has 3 nitrogen and oxygen atoms in total. The molecule has 0 saturated carbocycles. The van der Waals surface area contributed by atoms with Gasteiger partial charge < -0.3 is 9.47 Å². The van der Waals surface area contributed by atoms with Crippen molar-refractivity contribution in [1.29, 1.82) is 0 Å². The van der Waals surface area contributed by atoms with Crippen molar-refractivity contribution in [3.8, 4) is 39.2 Å². The Balaban J connectivity index is 1.06. The van der Waals surface area contributed by atoms with E-state index in [1.807, 2.05) is 0 Å². The summed E-state index contributed by atoms with van der Waals surface area (Å²) >= 11 is 0. The highest BCUT2D eigenvalue weighted by Gasteiger charge is 2.20. The maximum absolute atomic E-state index is 5.37. The molecule has 0 spiro atoms. The van der Waals surface area contributed by atoms with Crippen molar-refractivity contribution in [2.75, 3.05) is 4.90 Å². The van der Waals surface area contributed by atoms with Crippen LogP contribution in [0.15, 0.2) is 224 Å². The number of para-hydroxylation sites is 3. The van der Waals surface area contributed by atoms with E-state index in [9.17, 15) is 0 Å². The van der Waals surface area contributed by atoms with Crippen LogP contribution in [0, 0.1) is 0 Å². The van der Waals surface area contributed by atoms with Crippen LogP contribution in [0.2, 0.25) is 0 Å². The number of fused-ring (bicyclic) bond motifs is 7. The molecule has 11 aromatic rings. The van der Waals surface area contributed by atoms with E-state index in [0.717, 1.165) is 50.3 Å². The van der Waals surface area contributed by atoms with Gasteiger partial charge in [-0.05, 0) is 89.0 Å². The number of benzene rings is 9. The van der Waals surface area contributed by atoms with Crippen LogP contribution >= 0.6 is 0 Å². The van der Waals surface area contributed by atoms with Gasteiger partial charge >= 0.3 is 0 Å². The summed E-state index contributed by atoms with van der Waals surface area (Å²) in [7, 11) is 0. The third kappa shape index (κ3) is 5.72. The summed E-state index contributed by atoms with van der Waals surface area (Å²) in [5.41, 5.74) is 14.6. The van der Waals surface area contributed by atoms with E-state index < -0.39 is 0 Å². The first-order chi connectivity index (χ1) is 28.8. The van der Waals surface area contributed by atoms with E-state index in [2.05, 4.69) is 234 Å². The lowest BCUT2D eigenvalue weighted by molar-refractivity contribution is 1.18. The smallest absolute Gasteiger partial charge is 0.0788 e. The Morgan fingerprint density at radius 1 is 0.310 bits per heavy atom. The Morgan fingerprint density at radius 3 is 1.36 bits per heavy atom. The molecule has 0 atom stereocenters. The Hall–Kier alpha value is -7.75. The van der Waals surface area contributed by atoms with E-state index in [4.69, 9.17) is 4.98 Å². The summed E-state index contributed by atoms with van der Waals surface area (Å²) in [4.78, 5) is 7.71. The van der Waals surface area contributed by atoms with E-state index in [1.165, 1.54) is 49.4 Å². The number of pyridine rings is 1. The molecule has 2 aromatic heterocycles. The Morgan fingerprint density at radius 2 is 0.776 bits per heavy atom. The average Bonchev–Trinajstić information content (AvgIpc) is 3.65. The monoisotopic (exact) mass is 739 g/mol. The first-order valence-electron chi connectivity index (χ1n) is 19.8. The van der Waals surface area contributed by atoms with E-state index in [-0.39, 0.29) is 0 Å². The molecule has 0 bridgehead atoms. The predicted octanol–water partition coefficient (Wildman–Crippen LogP) is 15.0. The number of anilines is 3. The molecule has 0 saturated heterocycles. The normalized spacial score (nSPS) is 11.4. The maximum atomic E-state index is 5.37. The number of rotatable bonds is 7. The van der Waals surface area contributed by atoms with Gasteiger partial charge in [-0.25, -0.2) is 4.98 Å². The SMILES string of the molecule is c1ccc(-c2ccc(N(c3ccc(-c4ccccc4)cc3)c3ccc(-c4nc5ccccc5c5c4ccc4c5c5ccccc5n4-c4ccccc4)cc3)cc2)cc1. The summed E-state index contributed by atoms with van der Waals surface area (Å²) in [5, 5.41) is 6.00. The number of nitrogens with zero attached hydrogens (tertiary/aromatic N) is 3. The van der Waals surface area contributed by atoms with Crippen molar-refractivity contribution < 1.29 is 0 Å². The second-order valence-electron chi connectivity index (χ2n) is 14.8. The molecule has 0 aliphatic heterocycles. The van der Waals surface area contributed by atoms with Crippen molar-refractivity contribution in [2.24, 2.45) is 0 Å². The molecule has 0 aliphatic rings. The maximum Gasteiger partial charge on any atom is 0.0788 e. The zero-order valence-corrected chi connectivity index (χ0v) is 31.7. The molecule has 0 unspecified atom stereocenters. The fourth-order valence-electron chi connectivity index (χ4n) is 8.66. The second-order valence-corrected chi connectivity index (χ2v) is 14.8. The largest absolute Gasteiger partial charge is 0.311 e. The van der Waals surface area contributed by atoms with Gasteiger partial charge in [-0.3, -0.25) is 0 Å². The predicted molar refractivity (Wildman–Crippen MR) is 245 cm³/mol. The standard InChI is InChI=1S/C55H37N3/c1-4-14-38(15-5-1)40-24-30-44(31-25-40)57(45-32-26-41(27-33-45)39-16-6-2-7-17-39)46-34-28-42(29-35-46)55-49-36-37-52-54(53(49)47-20-10-12-22-50(47)56-55)48-21-11-13-23-51(48)58(52)43-18-8-3-9-19-43/h1-37H. The molecular weight excluding hydrogens is 703 g/mol. The van der Waals surface area contributed by atoms with Gasteiger partial charge in [0.05, 0.1) is 22.2 Å². The Kier molecular flexibility index (Phi) is 8.15. The molecule has 11 rings (SSSR count). The van der Waals surface area contributed by atoms with Gasteiger partial charge in [0, 0.05) is 55.2 Å². The van der Waals surface area contributed by atoms with Crippen molar-refractivity contribution >= 4 is 60.5 Å². The van der Waals surface area contributed by atoms with Gasteiger partial charge in [0.2, 0.25) is 0 Å². The molecular formula is C55H37N3. The van der Waals surface area contributed by atoms with Crippen molar-refractivity contribution in [3.63, 3.8) is 0 Å². The van der Waals surface area contributed by atoms with Gasteiger partial charge in [0.1, 0.15) is 0 Å². The summed E-state index contributed by atoms with van der Waals surface area (Å²) in [5.74, 6) is 0. The van der Waals surface area contributed by atoms with Gasteiger partial charge in [-0.15, -0.1) is 0 Å². The van der Waals surface area contributed by atoms with Crippen LogP contribution in [-0.2, 0) is 0 Å². The minimum atomic E-state index is 0.977. The first kappa shape index (κ1) is 33.6. The molecule has 2 heterocycles. The third-order valence-corrected chi connectivity index (χ3v) is 11.4. The highest BCUT2D eigenvalue weighted by molar-refractivity contribution is 6.29. The first-order valence-corrected chi connectivity index (χ1v) is 19.8. The van der Waals surface area contributed by atoms with E-state index in [1.54, 1.807) is 0 Å². The lowest BCUT2D eigenvalue weighted by atomic mass is 9.96. The molecule has 272 valence electrons. The molecule has 0 aliphatic carbocycles. The minimum absolute atomic E-state index is 0.977. The van der Waals surface area contributed by atoms with Crippen LogP contribution in [0.5, 0.6) is 0 Å². The van der Waals surface area contributed by atoms with Crippen molar-refractivity contribution in [1.82, 2.24) is 9.55 Å². The zero-order chi connectivity index (χ0) is 38.4. The molecule has 0 amide bonds. The van der Waals surface area contributed by atoms with Crippen LogP contribution in [-0.4, -0.2) is 9.55 Å². The van der Waals surface area contributed by atoms with Gasteiger partial charge in [0.25, 0.3) is 0 Å². The highest BCUT2D eigenvalue weighted by atomic mass is 15.1. The number of aromatic nitrogens is 2. The Labute approximate surface area is 337 Å². The number of hydrogen-bond donors (Lipinski definition) is 0. The van der Waals surface area contributed by atoms with Gasteiger partial charge in [0.15, 0.2) is 0 Å². The van der Waals surface area contributed by atoms with Crippen molar-refractivity contribution in [3.05, 3.63) is 224 Å². The van der Waals surface area contributed by atoms with Crippen LogP contribution in [0.1, 0.15) is 0 Å². The van der Waals surface area contributed by atoms with Gasteiger partial charge in [-0.1, -0.05) is 158 Å². The molecule has 0 radical (unpaired) electrons. The topological polar surface area (TPSA) is 21.1 Å². The van der Waals surface area contributed by atoms with Crippen LogP contribution in [0.4, 0.5) is 17.1 Å². The van der Waals surface area contributed by atoms with Crippen LogP contribution in [0.3, 0.4) is 0 Å². The summed E-state index contributed by atoms with van der Waals surface area (Å²) in [6, 6.07) is 80.3. The molecule has 58 heavy (non-hydrogen) atoms. The summed E-state index contributed by atoms with van der Waals surface area (Å²) in [6.07, 6.45) is 0. The van der Waals surface area contributed by atoms with Crippen molar-refractivity contribution in [2.45, 2.75) is 0 Å². The van der Waals surface area contributed by atoms with Crippen LogP contribution < -0.4 is 4.90 Å². The average molecular weight is 740 g/mol. The summed E-state index contributed by atoms with van der Waals surface area (Å²) < 4.78 is 2.39. The highest BCUT2D eigenvalue weighted by Crippen LogP contribution is 2.43. The zero-order valence-electron chi connectivity index (χ0n) is 31.7. The Bertz CT molecular complexity index is 3140. The number of hydrogen-bond acceptors (Lipinski definition) is 2. The molecule has 9 aromatic carbocycles. The minimum Gasteiger partial charge on any atom is -0.311 e. The fraction of sp³-hybridized carbons (Fsp3) is 0. The van der Waals surface area contributed by atoms with E-state index >= 15 is 0 Å². The quantitative estimate of drug-likeness (QED) is 0.152. The fourth-order valence-corrected chi connectivity index (χ4v) is 8.66. The van der Waals surface area contributed by atoms with Crippen LogP contribution in [0.25, 0.3) is 82.7 Å². The lowest BCUT2D eigenvalue weighted by Gasteiger charge is -2.26. The van der Waals surface area contributed by atoms with Gasteiger partial charge in [-0.2, -0.15) is 0 Å². The molecule has 3 heteroatoms. The second kappa shape index (κ2) is 14.1. The lowest BCUT2D eigenvalue weighted by Crippen LogP contribution is -2.09. The third-order valence-electron chi connectivity index (χ3n) is 11.4. The summed E-state index contributed by atoms with van der Waals surface area (Å²) in [6.45, 7) is 0. The molecule has 0 N–H and O–H groups in total. The van der Waals surface area contributed by atoms with E-state index in [0.29, 0.717) is 0 Å².